The molecule has 2 aromatic heterocycles. The second-order valence-electron chi connectivity index (χ2n) is 8.78. The van der Waals surface area contributed by atoms with Gasteiger partial charge in [-0.25, -0.2) is 9.36 Å². The number of hydrogen-bond donors (Lipinski definition) is 1. The van der Waals surface area contributed by atoms with E-state index in [-0.39, 0.29) is 5.43 Å². The lowest BCUT2D eigenvalue weighted by Gasteiger charge is -2.37. The minimum Gasteiger partial charge on any atom is -0.494 e. The number of para-hydroxylation sites is 1. The van der Waals surface area contributed by atoms with Crippen molar-refractivity contribution >= 4 is 5.69 Å². The molecule has 0 saturated carbocycles. The van der Waals surface area contributed by atoms with Crippen LogP contribution in [0.3, 0.4) is 0 Å². The molecule has 8 heteroatoms. The maximum absolute atomic E-state index is 12.8. The second-order valence-corrected chi connectivity index (χ2v) is 8.78. The first-order valence-corrected chi connectivity index (χ1v) is 11.3. The van der Waals surface area contributed by atoms with Crippen LogP contribution >= 0.6 is 0 Å². The SMILES string of the molecule is COc1cc(N2CCC(C)(O)CC2)ccc1-n1ccc(=O)c(-c2ccnn2-c2ccccc2)n1. The third kappa shape index (κ3) is 4.20. The minimum absolute atomic E-state index is 0.190. The smallest absolute Gasteiger partial charge is 0.209 e. The standard InChI is InChI=1S/C26H27N5O3/c1-26(33)12-16-29(17-13-26)20-8-9-21(24(18-20)34-2)30-15-11-23(32)25(28-30)22-10-14-27-31(22)19-6-4-3-5-7-19/h3-11,14-15,18,33H,12-13,16-17H2,1-2H3. The predicted molar refractivity (Wildman–Crippen MR) is 131 cm³/mol. The lowest BCUT2D eigenvalue weighted by atomic mass is 9.93. The van der Waals surface area contributed by atoms with Gasteiger partial charge in [-0.05, 0) is 50.1 Å². The van der Waals surface area contributed by atoms with E-state index in [2.05, 4.69) is 15.1 Å². The first-order chi connectivity index (χ1) is 16.4. The number of anilines is 1. The molecule has 1 N–H and O–H groups in total. The van der Waals surface area contributed by atoms with Gasteiger partial charge in [0.25, 0.3) is 0 Å². The number of hydrogen-bond acceptors (Lipinski definition) is 6. The third-order valence-electron chi connectivity index (χ3n) is 6.31. The highest BCUT2D eigenvalue weighted by atomic mass is 16.5. The Hall–Kier alpha value is -3.91. The van der Waals surface area contributed by atoms with Crippen molar-refractivity contribution in [2.24, 2.45) is 0 Å². The van der Waals surface area contributed by atoms with Crippen molar-refractivity contribution in [2.45, 2.75) is 25.4 Å². The van der Waals surface area contributed by atoms with Crippen LogP contribution in [0.15, 0.2) is 77.9 Å². The Morgan fingerprint density at radius 1 is 1.00 bits per heavy atom. The molecule has 0 atom stereocenters. The summed E-state index contributed by atoms with van der Waals surface area (Å²) in [5.74, 6) is 0.647. The number of aliphatic hydroxyl groups is 1. The van der Waals surface area contributed by atoms with Gasteiger partial charge in [0.1, 0.15) is 11.4 Å². The zero-order valence-corrected chi connectivity index (χ0v) is 19.3. The zero-order valence-electron chi connectivity index (χ0n) is 19.3. The van der Waals surface area contributed by atoms with Gasteiger partial charge in [0.2, 0.25) is 5.43 Å². The number of benzene rings is 2. The maximum atomic E-state index is 12.8. The molecule has 4 aromatic rings. The van der Waals surface area contributed by atoms with E-state index in [9.17, 15) is 9.90 Å². The number of aromatic nitrogens is 4. The van der Waals surface area contributed by atoms with Gasteiger partial charge < -0.3 is 14.7 Å². The van der Waals surface area contributed by atoms with E-state index in [4.69, 9.17) is 4.74 Å². The highest BCUT2D eigenvalue weighted by Crippen LogP contribution is 2.32. The van der Waals surface area contributed by atoms with Gasteiger partial charge in [-0.2, -0.15) is 10.2 Å². The molecule has 0 bridgehead atoms. The summed E-state index contributed by atoms with van der Waals surface area (Å²) in [6, 6.07) is 18.9. The molecule has 8 nitrogen and oxygen atoms in total. The van der Waals surface area contributed by atoms with E-state index in [1.54, 1.807) is 34.9 Å². The molecule has 0 spiro atoms. The lowest BCUT2D eigenvalue weighted by molar-refractivity contribution is 0.0351. The molecule has 5 rings (SSSR count). The molecule has 0 amide bonds. The summed E-state index contributed by atoms with van der Waals surface area (Å²) in [4.78, 5) is 15.0. The van der Waals surface area contributed by atoms with Crippen molar-refractivity contribution in [1.82, 2.24) is 19.6 Å². The predicted octanol–water partition coefficient (Wildman–Crippen LogP) is 3.45. The van der Waals surface area contributed by atoms with Crippen LogP contribution in [0.1, 0.15) is 19.8 Å². The Bertz CT molecular complexity index is 1350. The molecule has 3 heterocycles. The second kappa shape index (κ2) is 8.79. The molecule has 0 unspecified atom stereocenters. The van der Waals surface area contributed by atoms with Crippen LogP contribution in [-0.2, 0) is 0 Å². The summed E-state index contributed by atoms with van der Waals surface area (Å²) in [5.41, 5.74) is 2.71. The highest BCUT2D eigenvalue weighted by Gasteiger charge is 2.27. The Labute approximate surface area is 197 Å². The summed E-state index contributed by atoms with van der Waals surface area (Å²) in [6.45, 7) is 3.44. The zero-order chi connectivity index (χ0) is 23.7. The molecular weight excluding hydrogens is 430 g/mol. The normalized spacial score (nSPS) is 15.3. The van der Waals surface area contributed by atoms with Crippen LogP contribution in [0.25, 0.3) is 22.8 Å². The van der Waals surface area contributed by atoms with Gasteiger partial charge >= 0.3 is 0 Å². The number of nitrogens with zero attached hydrogens (tertiary/aromatic N) is 5. The summed E-state index contributed by atoms with van der Waals surface area (Å²) in [5, 5.41) is 19.3. The van der Waals surface area contributed by atoms with Gasteiger partial charge in [-0.1, -0.05) is 18.2 Å². The quantitative estimate of drug-likeness (QED) is 0.494. The molecule has 1 aliphatic heterocycles. The maximum Gasteiger partial charge on any atom is 0.209 e. The molecule has 2 aromatic carbocycles. The van der Waals surface area contributed by atoms with E-state index in [1.807, 2.05) is 55.5 Å². The van der Waals surface area contributed by atoms with Crippen molar-refractivity contribution in [2.75, 3.05) is 25.1 Å². The average molecular weight is 458 g/mol. The van der Waals surface area contributed by atoms with Crippen LogP contribution in [0, 0.1) is 0 Å². The fourth-order valence-corrected chi connectivity index (χ4v) is 4.28. The average Bonchev–Trinajstić information content (AvgIpc) is 3.34. The van der Waals surface area contributed by atoms with E-state index < -0.39 is 5.60 Å². The van der Waals surface area contributed by atoms with Crippen molar-refractivity contribution in [1.29, 1.82) is 0 Å². The Morgan fingerprint density at radius 3 is 2.50 bits per heavy atom. The van der Waals surface area contributed by atoms with Gasteiger partial charge in [0.15, 0.2) is 5.69 Å². The highest BCUT2D eigenvalue weighted by molar-refractivity contribution is 5.61. The van der Waals surface area contributed by atoms with E-state index in [0.717, 1.165) is 43.0 Å². The topological polar surface area (TPSA) is 85.4 Å². The first-order valence-electron chi connectivity index (χ1n) is 11.3. The monoisotopic (exact) mass is 457 g/mol. The Morgan fingerprint density at radius 2 is 1.76 bits per heavy atom. The lowest BCUT2D eigenvalue weighted by Crippen LogP contribution is -2.42. The number of methoxy groups -OCH3 is 1. The summed E-state index contributed by atoms with van der Waals surface area (Å²) < 4.78 is 9.06. The van der Waals surface area contributed by atoms with Crippen LogP contribution in [-0.4, -0.2) is 50.5 Å². The van der Waals surface area contributed by atoms with Crippen LogP contribution in [0.4, 0.5) is 5.69 Å². The summed E-state index contributed by atoms with van der Waals surface area (Å²) in [7, 11) is 1.62. The number of ether oxygens (including phenoxy) is 1. The van der Waals surface area contributed by atoms with Crippen molar-refractivity contribution in [3.63, 3.8) is 0 Å². The molecular formula is C26H27N5O3. The number of piperidine rings is 1. The van der Waals surface area contributed by atoms with Crippen molar-refractivity contribution in [3.8, 4) is 28.5 Å². The fraction of sp³-hybridized carbons (Fsp3) is 0.269. The minimum atomic E-state index is -0.608. The van der Waals surface area contributed by atoms with E-state index in [0.29, 0.717) is 17.1 Å². The van der Waals surface area contributed by atoms with Crippen LogP contribution in [0.2, 0.25) is 0 Å². The largest absolute Gasteiger partial charge is 0.494 e. The summed E-state index contributed by atoms with van der Waals surface area (Å²) >= 11 is 0. The van der Waals surface area contributed by atoms with Crippen molar-refractivity contribution in [3.05, 3.63) is 83.3 Å². The van der Waals surface area contributed by atoms with Crippen LogP contribution in [0.5, 0.6) is 5.75 Å². The van der Waals surface area contributed by atoms with Gasteiger partial charge in [-0.3, -0.25) is 4.79 Å². The summed E-state index contributed by atoms with van der Waals surface area (Å²) in [6.07, 6.45) is 4.74. The van der Waals surface area contributed by atoms with Gasteiger partial charge in [-0.15, -0.1) is 0 Å². The Balaban J connectivity index is 1.51. The number of rotatable bonds is 5. The Kier molecular flexibility index (Phi) is 5.67. The molecule has 1 aliphatic rings. The molecule has 1 saturated heterocycles. The van der Waals surface area contributed by atoms with E-state index in [1.165, 1.54) is 6.07 Å². The van der Waals surface area contributed by atoms with Crippen LogP contribution < -0.4 is 15.1 Å². The van der Waals surface area contributed by atoms with Crippen molar-refractivity contribution < 1.29 is 9.84 Å². The first kappa shape index (κ1) is 21.9. The third-order valence-corrected chi connectivity index (χ3v) is 6.31. The molecule has 0 aliphatic carbocycles. The molecule has 1 fully saturated rings. The van der Waals surface area contributed by atoms with E-state index >= 15 is 0 Å². The molecule has 174 valence electrons. The fourth-order valence-electron chi connectivity index (χ4n) is 4.28. The molecule has 0 radical (unpaired) electrons. The van der Waals surface area contributed by atoms with Gasteiger partial charge in [0.05, 0.1) is 30.3 Å². The molecule has 34 heavy (non-hydrogen) atoms. The van der Waals surface area contributed by atoms with Gasteiger partial charge in [0, 0.05) is 37.1 Å².